The molecule has 4 heterocycles. The average Bonchev–Trinajstić information content (AvgIpc) is 3.70. The number of nitrogens with two attached hydrogens (primary N) is 1. The number of carboxylic acid groups (broad SMARTS) is 1. The van der Waals surface area contributed by atoms with Gasteiger partial charge in [0.2, 0.25) is 0 Å². The number of halogens is 1. The minimum Gasteiger partial charge on any atom is -0.476 e. The molecule has 8 rings (SSSR count). The van der Waals surface area contributed by atoms with Gasteiger partial charge in [-0.05, 0) is 110 Å². The van der Waals surface area contributed by atoms with Gasteiger partial charge in [0.25, 0.3) is 5.91 Å². The van der Waals surface area contributed by atoms with Crippen molar-refractivity contribution in [2.45, 2.75) is 85.9 Å². The Labute approximate surface area is 325 Å². The number of nitrogens with one attached hydrogen (secondary N) is 1. The topological polar surface area (TPSA) is 148 Å². The summed E-state index contributed by atoms with van der Waals surface area (Å²) in [4.78, 5) is 37.5. The van der Waals surface area contributed by atoms with E-state index in [1.54, 1.807) is 12.3 Å². The number of fused-ring (bicyclic) bond motifs is 4. The van der Waals surface area contributed by atoms with Crippen molar-refractivity contribution in [3.63, 3.8) is 0 Å². The molecule has 0 spiro atoms. The van der Waals surface area contributed by atoms with Crippen molar-refractivity contribution in [3.8, 4) is 11.1 Å². The van der Waals surface area contributed by atoms with Gasteiger partial charge in [-0.2, -0.15) is 5.10 Å². The summed E-state index contributed by atoms with van der Waals surface area (Å²) in [6.45, 7) is 9.27. The molecule has 1 aliphatic heterocycles. The summed E-state index contributed by atoms with van der Waals surface area (Å²) in [7, 11) is 0. The van der Waals surface area contributed by atoms with Crippen LogP contribution in [0.1, 0.15) is 91.0 Å². The maximum absolute atomic E-state index is 14.8. The second kappa shape index (κ2) is 15.1. The van der Waals surface area contributed by atoms with E-state index in [4.69, 9.17) is 15.6 Å². The van der Waals surface area contributed by atoms with Crippen molar-refractivity contribution in [2.75, 3.05) is 29.9 Å². The number of aromatic carboxylic acids is 1. The Morgan fingerprint density at radius 1 is 1.11 bits per heavy atom. The number of thiazole rings is 1. The molecule has 2 fully saturated rings. The molecule has 13 heteroatoms. The van der Waals surface area contributed by atoms with Gasteiger partial charge in [-0.3, -0.25) is 14.8 Å². The summed E-state index contributed by atoms with van der Waals surface area (Å²) >= 11 is 1.35. The molecule has 2 saturated carbocycles. The van der Waals surface area contributed by atoms with E-state index < -0.39 is 17.7 Å². The molecule has 4 atom stereocenters. The fourth-order valence-electron chi connectivity index (χ4n) is 9.97. The number of para-hydroxylation sites is 1. The molecule has 2 aromatic carbocycles. The molecule has 1 amide bonds. The van der Waals surface area contributed by atoms with Gasteiger partial charge in [0.1, 0.15) is 11.6 Å². The van der Waals surface area contributed by atoms with E-state index in [9.17, 15) is 19.1 Å². The summed E-state index contributed by atoms with van der Waals surface area (Å²) < 4.78 is 24.0. The molecule has 55 heavy (non-hydrogen) atoms. The molecular weight excluding hydrogens is 718 g/mol. The Bertz CT molecular complexity index is 2220. The van der Waals surface area contributed by atoms with Gasteiger partial charge in [0.15, 0.2) is 10.8 Å². The SMILES string of the molecule is C.Cc1c(-c2ccc(N3CCc4cc(F)cc(C(=O)Nc5nc6ccccc6s5)c4C3)nc2C(=O)O)cnn1CC12CC(C)CC(C)(CC(OCCN)C1)C2. The number of hydrogen-bond donors (Lipinski definition) is 3. The summed E-state index contributed by atoms with van der Waals surface area (Å²) in [5, 5.41) is 18.6. The highest BCUT2D eigenvalue weighted by molar-refractivity contribution is 7.22. The summed E-state index contributed by atoms with van der Waals surface area (Å²) in [6.07, 6.45) is 7.75. The molecule has 4 unspecified atom stereocenters. The van der Waals surface area contributed by atoms with Crippen LogP contribution in [0.5, 0.6) is 0 Å². The van der Waals surface area contributed by atoms with Crippen LogP contribution in [0.15, 0.2) is 54.7 Å². The first-order valence-electron chi connectivity index (χ1n) is 18.7. The van der Waals surface area contributed by atoms with Gasteiger partial charge in [-0.15, -0.1) is 0 Å². The largest absolute Gasteiger partial charge is 0.476 e. The normalized spacial score (nSPS) is 23.3. The Balaban J connectivity index is 0.00000465. The monoisotopic (exact) mass is 767 g/mol. The van der Waals surface area contributed by atoms with Gasteiger partial charge in [-0.1, -0.05) is 44.7 Å². The highest BCUT2D eigenvalue weighted by atomic mass is 32.1. The standard InChI is InChI=1S/C41H46FN7O4S.CH4/c1-24-16-40(3)18-28(53-13-11-43)19-41(17-24,22-40)23-49-25(2)31(20-44-49)29-8-9-35(46-36(29)38(51)52)48-12-10-26-14-27(42)15-30(32(26)21-48)37(50)47-39-45-33-6-4-5-7-34(33)54-39;/h4-9,14-15,20,24,28H,10-13,16-19,21-23,43H2,1-3H3,(H,51,52)(H,45,47,50);1H4. The molecule has 0 saturated heterocycles. The predicted octanol–water partition coefficient (Wildman–Crippen LogP) is 8.10. The van der Waals surface area contributed by atoms with Crippen molar-refractivity contribution >= 4 is 44.4 Å². The van der Waals surface area contributed by atoms with Gasteiger partial charge >= 0.3 is 5.97 Å². The zero-order valence-electron chi connectivity index (χ0n) is 30.9. The van der Waals surface area contributed by atoms with Gasteiger partial charge in [0.05, 0.1) is 29.1 Å². The predicted molar refractivity (Wildman–Crippen MR) is 214 cm³/mol. The van der Waals surface area contributed by atoms with Crippen LogP contribution >= 0.6 is 11.3 Å². The number of benzene rings is 2. The number of ether oxygens (including phenoxy) is 1. The number of amides is 1. The number of carboxylic acids is 1. The van der Waals surface area contributed by atoms with Crippen LogP contribution < -0.4 is 16.0 Å². The zero-order valence-corrected chi connectivity index (χ0v) is 31.7. The summed E-state index contributed by atoms with van der Waals surface area (Å²) in [5.74, 6) is -1.02. The molecule has 2 aliphatic carbocycles. The van der Waals surface area contributed by atoms with Crippen molar-refractivity contribution in [1.29, 1.82) is 0 Å². The number of carbonyl (C=O) groups excluding carboxylic acids is 1. The first-order chi connectivity index (χ1) is 25.9. The number of nitrogens with zero attached hydrogens (tertiary/aromatic N) is 5. The van der Waals surface area contributed by atoms with Gasteiger partial charge in [0, 0.05) is 48.6 Å². The van der Waals surface area contributed by atoms with Crippen LogP contribution in [-0.2, 0) is 24.2 Å². The Morgan fingerprint density at radius 2 is 1.93 bits per heavy atom. The molecule has 3 aliphatic rings. The fraction of sp³-hybridized carbons (Fsp3) is 0.452. The molecule has 3 aromatic heterocycles. The molecule has 5 aromatic rings. The van der Waals surface area contributed by atoms with Crippen LogP contribution in [-0.4, -0.2) is 62.5 Å². The van der Waals surface area contributed by atoms with Crippen LogP contribution in [0, 0.1) is 29.5 Å². The zero-order chi connectivity index (χ0) is 37.8. The number of pyridine rings is 1. The second-order valence-corrected chi connectivity index (χ2v) is 17.1. The van der Waals surface area contributed by atoms with Crippen molar-refractivity contribution in [3.05, 3.63) is 88.6 Å². The smallest absolute Gasteiger partial charge is 0.355 e. The fourth-order valence-corrected chi connectivity index (χ4v) is 10.8. The summed E-state index contributed by atoms with van der Waals surface area (Å²) in [5.41, 5.74) is 10.5. The van der Waals surface area contributed by atoms with Crippen LogP contribution in [0.3, 0.4) is 0 Å². The lowest BCUT2D eigenvalue weighted by Gasteiger charge is -2.55. The van der Waals surface area contributed by atoms with Crippen molar-refractivity contribution in [2.24, 2.45) is 22.5 Å². The summed E-state index contributed by atoms with van der Waals surface area (Å²) in [6, 6.07) is 13.9. The van der Waals surface area contributed by atoms with E-state index in [1.165, 1.54) is 29.9 Å². The highest BCUT2D eigenvalue weighted by Crippen LogP contribution is 2.58. The minimum absolute atomic E-state index is 0. The third-order valence-corrected chi connectivity index (χ3v) is 12.6. The first kappa shape index (κ1) is 38.6. The molecule has 2 bridgehead atoms. The lowest BCUT2D eigenvalue weighted by atomic mass is 9.52. The van der Waals surface area contributed by atoms with Crippen LogP contribution in [0.2, 0.25) is 0 Å². The van der Waals surface area contributed by atoms with Gasteiger partial charge < -0.3 is 20.5 Å². The van der Waals surface area contributed by atoms with E-state index in [0.717, 1.165) is 59.3 Å². The minimum atomic E-state index is -1.14. The average molecular weight is 768 g/mol. The van der Waals surface area contributed by atoms with Crippen molar-refractivity contribution in [1.82, 2.24) is 19.7 Å². The third-order valence-electron chi connectivity index (χ3n) is 11.6. The van der Waals surface area contributed by atoms with E-state index in [0.29, 0.717) is 54.1 Å². The highest BCUT2D eigenvalue weighted by Gasteiger charge is 2.51. The van der Waals surface area contributed by atoms with E-state index in [-0.39, 0.29) is 42.2 Å². The number of rotatable bonds is 10. The molecule has 0 radical (unpaired) electrons. The molecular formula is C42H50FN7O4S. The molecule has 4 N–H and O–H groups in total. The Morgan fingerprint density at radius 3 is 2.71 bits per heavy atom. The van der Waals surface area contributed by atoms with Crippen LogP contribution in [0.4, 0.5) is 15.3 Å². The maximum atomic E-state index is 14.8. The van der Waals surface area contributed by atoms with E-state index in [1.807, 2.05) is 46.8 Å². The number of hydrogen-bond acceptors (Lipinski definition) is 9. The maximum Gasteiger partial charge on any atom is 0.355 e. The third kappa shape index (κ3) is 7.61. The first-order valence-corrected chi connectivity index (χ1v) is 19.6. The molecule has 290 valence electrons. The number of aromatic nitrogens is 4. The van der Waals surface area contributed by atoms with E-state index >= 15 is 0 Å². The Hall–Kier alpha value is -4.72. The van der Waals surface area contributed by atoms with Crippen molar-refractivity contribution < 1.29 is 23.8 Å². The second-order valence-electron chi connectivity index (χ2n) is 16.1. The lowest BCUT2D eigenvalue weighted by molar-refractivity contribution is -0.108. The number of carbonyl (C=O) groups is 2. The Kier molecular flexibility index (Phi) is 10.6. The number of anilines is 2. The molecule has 11 nitrogen and oxygen atoms in total. The quantitative estimate of drug-likeness (QED) is 0.128. The lowest BCUT2D eigenvalue weighted by Crippen LogP contribution is -2.49. The van der Waals surface area contributed by atoms with E-state index in [2.05, 4.69) is 29.1 Å². The van der Waals surface area contributed by atoms with Gasteiger partial charge in [-0.25, -0.2) is 19.2 Å². The van der Waals surface area contributed by atoms with Crippen LogP contribution in [0.25, 0.3) is 21.3 Å².